The van der Waals surface area contributed by atoms with E-state index in [1.54, 1.807) is 18.2 Å². The summed E-state index contributed by atoms with van der Waals surface area (Å²) in [5.74, 6) is -0.0649. The maximum Gasteiger partial charge on any atom is 0.277 e. The first-order valence-corrected chi connectivity index (χ1v) is 8.25. The Morgan fingerprint density at radius 2 is 2.08 bits per heavy atom. The first-order valence-electron chi connectivity index (χ1n) is 6.70. The lowest BCUT2D eigenvalue weighted by atomic mass is 10.2. The van der Waals surface area contributed by atoms with E-state index in [9.17, 15) is 14.9 Å². The zero-order chi connectivity index (χ0) is 18.4. The number of rotatable bonds is 6. The van der Waals surface area contributed by atoms with E-state index >= 15 is 0 Å². The topological polar surface area (TPSA) is 93.8 Å². The zero-order valence-electron chi connectivity index (χ0n) is 12.4. The average molecular weight is 447 g/mol. The number of carbonyl (C=O) groups is 1. The lowest BCUT2D eigenvalue weighted by molar-refractivity contribution is -0.384. The third kappa shape index (κ3) is 5.70. The van der Waals surface area contributed by atoms with Gasteiger partial charge in [-0.05, 0) is 40.2 Å². The Kier molecular flexibility index (Phi) is 6.74. The number of halogens is 3. The average Bonchev–Trinajstić information content (AvgIpc) is 2.55. The maximum absolute atomic E-state index is 11.7. The fourth-order valence-corrected chi connectivity index (χ4v) is 2.65. The second-order valence-corrected chi connectivity index (χ2v) is 6.32. The molecule has 2 aromatic carbocycles. The summed E-state index contributed by atoms with van der Waals surface area (Å²) in [4.78, 5) is 21.9. The minimum absolute atomic E-state index is 0.131. The number of hydrogen-bond acceptors (Lipinski definition) is 5. The Morgan fingerprint density at radius 1 is 1.32 bits per heavy atom. The van der Waals surface area contributed by atoms with E-state index in [-0.39, 0.29) is 17.3 Å². The van der Waals surface area contributed by atoms with Crippen molar-refractivity contribution < 1.29 is 14.5 Å². The van der Waals surface area contributed by atoms with Crippen molar-refractivity contribution in [2.75, 3.05) is 6.61 Å². The second kappa shape index (κ2) is 8.80. The van der Waals surface area contributed by atoms with Crippen molar-refractivity contribution in [3.8, 4) is 5.75 Å². The molecular formula is C15H10BrCl2N3O4. The van der Waals surface area contributed by atoms with Crippen LogP contribution in [0.1, 0.15) is 5.56 Å². The van der Waals surface area contributed by atoms with E-state index in [4.69, 9.17) is 27.9 Å². The lowest BCUT2D eigenvalue weighted by Crippen LogP contribution is -2.24. The van der Waals surface area contributed by atoms with E-state index in [0.717, 1.165) is 0 Å². The molecule has 0 aliphatic rings. The van der Waals surface area contributed by atoms with Gasteiger partial charge in [0, 0.05) is 27.7 Å². The first kappa shape index (κ1) is 19.2. The van der Waals surface area contributed by atoms with Crippen LogP contribution in [0.3, 0.4) is 0 Å². The molecule has 0 saturated heterocycles. The Morgan fingerprint density at radius 3 is 2.76 bits per heavy atom. The number of carbonyl (C=O) groups excluding carboxylic acids is 1. The summed E-state index contributed by atoms with van der Waals surface area (Å²) in [6.45, 7) is -0.278. The van der Waals surface area contributed by atoms with Crippen LogP contribution < -0.4 is 10.2 Å². The van der Waals surface area contributed by atoms with Crippen molar-refractivity contribution in [1.82, 2.24) is 5.43 Å². The molecule has 0 radical (unpaired) electrons. The molecule has 0 bridgehead atoms. The van der Waals surface area contributed by atoms with Gasteiger partial charge in [-0.25, -0.2) is 5.43 Å². The van der Waals surface area contributed by atoms with Crippen LogP contribution in [0.2, 0.25) is 10.0 Å². The predicted molar refractivity (Wildman–Crippen MR) is 98.5 cm³/mol. The Balaban J connectivity index is 1.92. The molecule has 0 heterocycles. The lowest BCUT2D eigenvalue weighted by Gasteiger charge is -2.07. The highest BCUT2D eigenvalue weighted by Crippen LogP contribution is 2.27. The zero-order valence-corrected chi connectivity index (χ0v) is 15.5. The molecule has 130 valence electrons. The minimum Gasteiger partial charge on any atom is -0.483 e. The molecule has 0 saturated carbocycles. The maximum atomic E-state index is 11.7. The summed E-state index contributed by atoms with van der Waals surface area (Å²) < 4.78 is 5.93. The molecule has 2 aromatic rings. The van der Waals surface area contributed by atoms with Gasteiger partial charge in [0.1, 0.15) is 5.75 Å². The largest absolute Gasteiger partial charge is 0.483 e. The molecule has 0 atom stereocenters. The highest BCUT2D eigenvalue weighted by molar-refractivity contribution is 9.10. The van der Waals surface area contributed by atoms with Crippen LogP contribution in [0.25, 0.3) is 0 Å². The number of nitro groups is 1. The molecule has 0 aromatic heterocycles. The van der Waals surface area contributed by atoms with Crippen LogP contribution in [0.5, 0.6) is 5.75 Å². The monoisotopic (exact) mass is 445 g/mol. The van der Waals surface area contributed by atoms with Gasteiger partial charge in [-0.3, -0.25) is 14.9 Å². The van der Waals surface area contributed by atoms with Crippen molar-refractivity contribution in [3.05, 3.63) is 66.6 Å². The standard InChI is InChI=1S/C15H10BrCl2N3O4/c16-12-6-10(17)1-4-14(12)25-8-15(22)20-19-7-9-5-11(21(23)24)2-3-13(9)18/h1-7H,8H2,(H,20,22)/b19-7+. The molecule has 1 amide bonds. The molecular weight excluding hydrogens is 437 g/mol. The van der Waals surface area contributed by atoms with Gasteiger partial charge in [0.25, 0.3) is 11.6 Å². The van der Waals surface area contributed by atoms with Gasteiger partial charge in [-0.15, -0.1) is 0 Å². The molecule has 10 heteroatoms. The number of non-ortho nitro benzene ring substituents is 1. The molecule has 2 rings (SSSR count). The minimum atomic E-state index is -0.552. The van der Waals surface area contributed by atoms with Crippen molar-refractivity contribution in [2.24, 2.45) is 5.10 Å². The van der Waals surface area contributed by atoms with Gasteiger partial charge in [0.2, 0.25) is 0 Å². The highest BCUT2D eigenvalue weighted by atomic mass is 79.9. The molecule has 0 aliphatic carbocycles. The van der Waals surface area contributed by atoms with Crippen molar-refractivity contribution in [1.29, 1.82) is 0 Å². The SMILES string of the molecule is O=C(COc1ccc(Cl)cc1Br)N/N=C/c1cc([N+](=O)[O-])ccc1Cl. The summed E-state index contributed by atoms with van der Waals surface area (Å²) in [6, 6.07) is 8.78. The number of hydrazone groups is 1. The normalized spacial score (nSPS) is 10.7. The number of benzene rings is 2. The van der Waals surface area contributed by atoms with E-state index in [2.05, 4.69) is 26.5 Å². The molecule has 7 nitrogen and oxygen atoms in total. The summed E-state index contributed by atoms with van der Waals surface area (Å²) in [6.07, 6.45) is 1.21. The van der Waals surface area contributed by atoms with Crippen molar-refractivity contribution >= 4 is 56.9 Å². The fraction of sp³-hybridized carbons (Fsp3) is 0.0667. The molecule has 1 N–H and O–H groups in total. The fourth-order valence-electron chi connectivity index (χ4n) is 1.69. The van der Waals surface area contributed by atoms with Crippen LogP contribution in [0.15, 0.2) is 46.0 Å². The van der Waals surface area contributed by atoms with Crippen LogP contribution in [-0.4, -0.2) is 23.7 Å². The Hall–Kier alpha value is -2.16. The summed E-state index contributed by atoms with van der Waals surface area (Å²) >= 11 is 15.0. The Labute approximate surface area is 160 Å². The van der Waals surface area contributed by atoms with Crippen LogP contribution in [0.4, 0.5) is 5.69 Å². The summed E-state index contributed by atoms with van der Waals surface area (Å²) in [5.41, 5.74) is 2.42. The molecule has 0 spiro atoms. The van der Waals surface area contributed by atoms with Crippen molar-refractivity contribution in [2.45, 2.75) is 0 Å². The molecule has 0 fully saturated rings. The van der Waals surface area contributed by atoms with Gasteiger partial charge < -0.3 is 4.74 Å². The summed E-state index contributed by atoms with van der Waals surface area (Å²) in [5, 5.41) is 15.2. The number of nitrogens with one attached hydrogen (secondary N) is 1. The van der Waals surface area contributed by atoms with Crippen LogP contribution in [0, 0.1) is 10.1 Å². The number of amides is 1. The predicted octanol–water partition coefficient (Wildman–Crippen LogP) is 4.19. The first-order chi connectivity index (χ1) is 11.9. The smallest absolute Gasteiger partial charge is 0.277 e. The summed E-state index contributed by atoms with van der Waals surface area (Å²) in [7, 11) is 0. The van der Waals surface area contributed by atoms with Gasteiger partial charge in [-0.2, -0.15) is 5.10 Å². The third-order valence-corrected chi connectivity index (χ3v) is 4.03. The van der Waals surface area contributed by atoms with Crippen LogP contribution >= 0.6 is 39.1 Å². The number of nitro benzene ring substituents is 1. The van der Waals surface area contributed by atoms with E-state index in [0.29, 0.717) is 20.8 Å². The number of ether oxygens (including phenoxy) is 1. The van der Waals surface area contributed by atoms with Gasteiger partial charge in [-0.1, -0.05) is 23.2 Å². The third-order valence-electron chi connectivity index (χ3n) is 2.84. The molecule has 0 unspecified atom stereocenters. The molecule has 0 aliphatic heterocycles. The number of nitrogens with zero attached hydrogens (tertiary/aromatic N) is 2. The van der Waals surface area contributed by atoms with E-state index in [1.165, 1.54) is 24.4 Å². The van der Waals surface area contributed by atoms with Gasteiger partial charge >= 0.3 is 0 Å². The van der Waals surface area contributed by atoms with Crippen LogP contribution in [-0.2, 0) is 4.79 Å². The second-order valence-electron chi connectivity index (χ2n) is 4.62. The Bertz CT molecular complexity index is 846. The number of hydrogen-bond donors (Lipinski definition) is 1. The quantitative estimate of drug-likeness (QED) is 0.408. The van der Waals surface area contributed by atoms with E-state index in [1.807, 2.05) is 0 Å². The van der Waals surface area contributed by atoms with Gasteiger partial charge in [0.05, 0.1) is 15.6 Å². The van der Waals surface area contributed by atoms with E-state index < -0.39 is 10.8 Å². The van der Waals surface area contributed by atoms with Gasteiger partial charge in [0.15, 0.2) is 6.61 Å². The van der Waals surface area contributed by atoms with Crippen molar-refractivity contribution in [3.63, 3.8) is 0 Å². The highest BCUT2D eigenvalue weighted by Gasteiger charge is 2.09. The molecule has 25 heavy (non-hydrogen) atoms.